The van der Waals surface area contributed by atoms with Crippen LogP contribution in [0.25, 0.3) is 0 Å². The molecule has 1 aliphatic carbocycles. The molecule has 19 heavy (non-hydrogen) atoms. The van der Waals surface area contributed by atoms with Gasteiger partial charge in [-0.1, -0.05) is 12.8 Å². The van der Waals surface area contributed by atoms with Crippen LogP contribution < -0.4 is 10.7 Å². The summed E-state index contributed by atoms with van der Waals surface area (Å²) in [5.41, 5.74) is 4.79. The Labute approximate surface area is 115 Å². The van der Waals surface area contributed by atoms with Crippen LogP contribution in [-0.2, 0) is 0 Å². The van der Waals surface area contributed by atoms with E-state index < -0.39 is 0 Å². The molecule has 0 spiro atoms. The van der Waals surface area contributed by atoms with Crippen LogP contribution in [0.5, 0.6) is 0 Å². The van der Waals surface area contributed by atoms with Gasteiger partial charge in [0, 0.05) is 37.6 Å². The van der Waals surface area contributed by atoms with Gasteiger partial charge in [-0.25, -0.2) is 0 Å². The van der Waals surface area contributed by atoms with Gasteiger partial charge >= 0.3 is 0 Å². The van der Waals surface area contributed by atoms with Crippen molar-refractivity contribution in [2.24, 2.45) is 5.92 Å². The van der Waals surface area contributed by atoms with E-state index in [1.165, 1.54) is 57.4 Å². The van der Waals surface area contributed by atoms with Crippen molar-refractivity contribution < 1.29 is 0 Å². The van der Waals surface area contributed by atoms with E-state index in [1.54, 1.807) is 0 Å². The molecular weight excluding hydrogens is 236 g/mol. The molecule has 2 atom stereocenters. The third kappa shape index (κ3) is 2.12. The number of nitrogens with one attached hydrogen (secondary N) is 2. The standard InChI is InChI=1S/C15H24N4/c1-2-4-13(3-1)19-10-14(6-8-17-19)18-9-12-5-7-16-15(12)11-18/h6,8,10,12-13,15-17H,1-5,7,9,11H2/t12-,15+/m1/s1. The fraction of sp³-hybridized carbons (Fsp3) is 0.733. The summed E-state index contributed by atoms with van der Waals surface area (Å²) in [6, 6.07) is 1.42. The van der Waals surface area contributed by atoms with Crippen molar-refractivity contribution >= 4 is 0 Å². The highest BCUT2D eigenvalue weighted by Gasteiger charge is 2.36. The Hall–Kier alpha value is -1.16. The summed E-state index contributed by atoms with van der Waals surface area (Å²) in [6.45, 7) is 3.62. The van der Waals surface area contributed by atoms with E-state index in [4.69, 9.17) is 0 Å². The molecule has 3 fully saturated rings. The molecule has 1 saturated carbocycles. The third-order valence-corrected chi connectivity index (χ3v) is 5.19. The fourth-order valence-corrected chi connectivity index (χ4v) is 4.07. The van der Waals surface area contributed by atoms with Crippen LogP contribution in [0.15, 0.2) is 24.2 Å². The Bertz CT molecular complexity index is 385. The minimum Gasteiger partial charge on any atom is -0.368 e. The number of likely N-dealkylation sites (tertiary alicyclic amines) is 1. The van der Waals surface area contributed by atoms with Crippen molar-refractivity contribution in [3.8, 4) is 0 Å². The van der Waals surface area contributed by atoms with Gasteiger partial charge in [0.1, 0.15) is 0 Å². The van der Waals surface area contributed by atoms with Gasteiger partial charge in [0.25, 0.3) is 0 Å². The molecule has 0 amide bonds. The van der Waals surface area contributed by atoms with E-state index in [9.17, 15) is 0 Å². The SMILES string of the molecule is C1=CC(N2C[C@H]3CCN[C@H]3C2)=CN(C2CCCC2)N1. The summed E-state index contributed by atoms with van der Waals surface area (Å²) in [7, 11) is 0. The van der Waals surface area contributed by atoms with Gasteiger partial charge in [-0.3, -0.25) is 5.01 Å². The summed E-state index contributed by atoms with van der Waals surface area (Å²) >= 11 is 0. The van der Waals surface area contributed by atoms with E-state index in [2.05, 4.69) is 39.1 Å². The highest BCUT2D eigenvalue weighted by Crippen LogP contribution is 2.29. The quantitative estimate of drug-likeness (QED) is 0.786. The lowest BCUT2D eigenvalue weighted by molar-refractivity contribution is 0.216. The molecular formula is C15H24N4. The Balaban J connectivity index is 1.46. The molecule has 4 rings (SSSR count). The van der Waals surface area contributed by atoms with Crippen molar-refractivity contribution in [3.63, 3.8) is 0 Å². The van der Waals surface area contributed by atoms with Gasteiger partial charge in [-0.15, -0.1) is 0 Å². The predicted molar refractivity (Wildman–Crippen MR) is 75.9 cm³/mol. The maximum Gasteiger partial charge on any atom is 0.0563 e. The molecule has 3 aliphatic heterocycles. The van der Waals surface area contributed by atoms with Gasteiger partial charge in [0.15, 0.2) is 0 Å². The van der Waals surface area contributed by atoms with E-state index in [-0.39, 0.29) is 0 Å². The third-order valence-electron chi connectivity index (χ3n) is 5.19. The van der Waals surface area contributed by atoms with Crippen molar-refractivity contribution in [1.82, 2.24) is 20.7 Å². The first-order chi connectivity index (χ1) is 9.40. The minimum absolute atomic E-state index is 0.695. The van der Waals surface area contributed by atoms with Crippen LogP contribution in [0.2, 0.25) is 0 Å². The van der Waals surface area contributed by atoms with Crippen molar-refractivity contribution in [2.75, 3.05) is 19.6 Å². The van der Waals surface area contributed by atoms with Gasteiger partial charge in [-0.2, -0.15) is 0 Å². The minimum atomic E-state index is 0.695. The summed E-state index contributed by atoms with van der Waals surface area (Å²) in [4.78, 5) is 2.56. The lowest BCUT2D eigenvalue weighted by atomic mass is 10.1. The molecule has 2 saturated heterocycles. The fourth-order valence-electron chi connectivity index (χ4n) is 4.07. The van der Waals surface area contributed by atoms with Crippen molar-refractivity contribution in [1.29, 1.82) is 0 Å². The molecule has 104 valence electrons. The van der Waals surface area contributed by atoms with Gasteiger partial charge in [0.2, 0.25) is 0 Å². The molecule has 4 heteroatoms. The zero-order valence-corrected chi connectivity index (χ0v) is 11.5. The number of nitrogens with zero attached hydrogens (tertiary/aromatic N) is 2. The first-order valence-electron chi connectivity index (χ1n) is 7.81. The van der Waals surface area contributed by atoms with Crippen LogP contribution in [0.1, 0.15) is 32.1 Å². The lowest BCUT2D eigenvalue weighted by Gasteiger charge is -2.33. The first-order valence-corrected chi connectivity index (χ1v) is 7.81. The van der Waals surface area contributed by atoms with Crippen LogP contribution in [0.4, 0.5) is 0 Å². The number of rotatable bonds is 2. The maximum atomic E-state index is 3.63. The molecule has 4 aliphatic rings. The zero-order chi connectivity index (χ0) is 12.7. The summed E-state index contributed by atoms with van der Waals surface area (Å²) in [5, 5.41) is 5.97. The molecule has 0 unspecified atom stereocenters. The summed E-state index contributed by atoms with van der Waals surface area (Å²) in [5.74, 6) is 0.865. The van der Waals surface area contributed by atoms with Gasteiger partial charge in [0.05, 0.1) is 5.70 Å². The highest BCUT2D eigenvalue weighted by molar-refractivity contribution is 5.22. The van der Waals surface area contributed by atoms with E-state index >= 15 is 0 Å². The molecule has 0 aromatic rings. The molecule has 4 nitrogen and oxygen atoms in total. The highest BCUT2D eigenvalue weighted by atomic mass is 15.5. The number of fused-ring (bicyclic) bond motifs is 1. The average molecular weight is 260 g/mol. The number of hydrogen-bond acceptors (Lipinski definition) is 4. The largest absolute Gasteiger partial charge is 0.368 e. The Morgan fingerprint density at radius 2 is 2.00 bits per heavy atom. The molecule has 2 N–H and O–H groups in total. The number of hydrogen-bond donors (Lipinski definition) is 2. The van der Waals surface area contributed by atoms with Crippen molar-refractivity contribution in [2.45, 2.75) is 44.2 Å². The average Bonchev–Trinajstić information content (AvgIpc) is 3.15. The van der Waals surface area contributed by atoms with E-state index in [0.29, 0.717) is 6.04 Å². The number of hydrazine groups is 1. The zero-order valence-electron chi connectivity index (χ0n) is 11.5. The second-order valence-electron chi connectivity index (χ2n) is 6.38. The van der Waals surface area contributed by atoms with Crippen molar-refractivity contribution in [3.05, 3.63) is 24.2 Å². The van der Waals surface area contributed by atoms with E-state index in [0.717, 1.165) is 12.0 Å². The van der Waals surface area contributed by atoms with Crippen LogP contribution >= 0.6 is 0 Å². The monoisotopic (exact) mass is 260 g/mol. The van der Waals surface area contributed by atoms with Crippen LogP contribution in [0, 0.1) is 5.92 Å². The molecule has 0 bridgehead atoms. The Morgan fingerprint density at radius 3 is 2.84 bits per heavy atom. The first kappa shape index (κ1) is 11.6. The second kappa shape index (κ2) is 4.75. The normalized spacial score (nSPS) is 34.6. The molecule has 0 aromatic carbocycles. The Kier molecular flexibility index (Phi) is 2.91. The predicted octanol–water partition coefficient (Wildman–Crippen LogP) is 1.40. The summed E-state index contributed by atoms with van der Waals surface area (Å²) < 4.78 is 0. The Morgan fingerprint density at radius 1 is 1.11 bits per heavy atom. The molecule has 0 radical (unpaired) electrons. The maximum absolute atomic E-state index is 3.63. The smallest absolute Gasteiger partial charge is 0.0563 e. The number of allylic oxidation sites excluding steroid dienone is 1. The van der Waals surface area contributed by atoms with Crippen LogP contribution in [0.3, 0.4) is 0 Å². The second-order valence-corrected chi connectivity index (χ2v) is 6.38. The lowest BCUT2D eigenvalue weighted by Crippen LogP contribution is -2.41. The molecule has 3 heterocycles. The van der Waals surface area contributed by atoms with Gasteiger partial charge in [-0.05, 0) is 37.8 Å². The molecule has 0 aromatic heterocycles. The van der Waals surface area contributed by atoms with Crippen LogP contribution in [-0.4, -0.2) is 41.6 Å². The van der Waals surface area contributed by atoms with Gasteiger partial charge < -0.3 is 15.6 Å². The topological polar surface area (TPSA) is 30.5 Å². The summed E-state index contributed by atoms with van der Waals surface area (Å²) in [6.07, 6.45) is 13.4. The van der Waals surface area contributed by atoms with E-state index in [1.807, 2.05) is 0 Å².